The van der Waals surface area contributed by atoms with Gasteiger partial charge in [-0.15, -0.1) is 0 Å². The molecule has 0 N–H and O–H groups in total. The molecular formula is C25H24ClF3N2O. The first kappa shape index (κ1) is 23.9. The molecule has 0 aliphatic carbocycles. The van der Waals surface area contributed by atoms with E-state index in [-0.39, 0.29) is 11.5 Å². The molecule has 0 amide bonds. The third-order valence-electron chi connectivity index (χ3n) is 5.40. The van der Waals surface area contributed by atoms with Gasteiger partial charge in [0.1, 0.15) is 6.33 Å². The molecular weight excluding hydrogens is 437 g/mol. The molecule has 32 heavy (non-hydrogen) atoms. The van der Waals surface area contributed by atoms with Crippen molar-refractivity contribution in [3.8, 4) is 22.3 Å². The molecule has 0 saturated heterocycles. The smallest absolute Gasteiger partial charge is 0.294 e. The first-order valence-electron chi connectivity index (χ1n) is 10.2. The predicted octanol–water partition coefficient (Wildman–Crippen LogP) is 7.75. The normalized spacial score (nSPS) is 12.3. The monoisotopic (exact) mass is 460 g/mol. The van der Waals surface area contributed by atoms with E-state index in [0.29, 0.717) is 16.1 Å². The number of aromatic nitrogens is 2. The Morgan fingerprint density at radius 3 is 2.22 bits per heavy atom. The Kier molecular flexibility index (Phi) is 6.75. The lowest BCUT2D eigenvalue weighted by Crippen LogP contribution is -2.34. The van der Waals surface area contributed by atoms with Gasteiger partial charge in [-0.05, 0) is 52.9 Å². The van der Waals surface area contributed by atoms with Crippen LogP contribution in [0.4, 0.5) is 13.2 Å². The Morgan fingerprint density at radius 2 is 1.62 bits per heavy atom. The summed E-state index contributed by atoms with van der Waals surface area (Å²) >= 11 is 6.00. The molecule has 0 aliphatic heterocycles. The Hall–Kier alpha value is -2.73. The third-order valence-corrected chi connectivity index (χ3v) is 5.66. The van der Waals surface area contributed by atoms with Crippen LogP contribution in [0.5, 0.6) is 0 Å². The van der Waals surface area contributed by atoms with Crippen molar-refractivity contribution in [2.45, 2.75) is 46.2 Å². The fraction of sp³-hybridized carbons (Fsp3) is 0.320. The zero-order chi connectivity index (χ0) is 23.7. The minimum atomic E-state index is -4.49. The van der Waals surface area contributed by atoms with Crippen LogP contribution < -0.4 is 0 Å². The second kappa shape index (κ2) is 9.02. The van der Waals surface area contributed by atoms with Gasteiger partial charge in [0, 0.05) is 28.8 Å². The van der Waals surface area contributed by atoms with Crippen LogP contribution in [-0.4, -0.2) is 21.9 Å². The van der Waals surface area contributed by atoms with Crippen molar-refractivity contribution >= 4 is 17.4 Å². The summed E-state index contributed by atoms with van der Waals surface area (Å²) in [7, 11) is 0. The molecule has 168 valence electrons. The average Bonchev–Trinajstić information content (AvgIpc) is 2.72. The van der Waals surface area contributed by atoms with Gasteiger partial charge >= 0.3 is 6.18 Å². The largest absolute Gasteiger partial charge is 0.394 e. The average molecular weight is 461 g/mol. The number of alkyl halides is 3. The summed E-state index contributed by atoms with van der Waals surface area (Å²) in [6.07, 6.45) is -2.02. The zero-order valence-electron chi connectivity index (χ0n) is 18.3. The van der Waals surface area contributed by atoms with Crippen molar-refractivity contribution in [1.82, 2.24) is 9.97 Å². The number of rotatable bonds is 6. The van der Waals surface area contributed by atoms with E-state index in [1.807, 2.05) is 19.9 Å². The number of ketones is 1. The number of Topliss-reactive ketones (excluding diaryl/α,β-unsaturated/α-hetero) is 1. The van der Waals surface area contributed by atoms with Gasteiger partial charge in [0.2, 0.25) is 0 Å². The van der Waals surface area contributed by atoms with Crippen LogP contribution >= 0.6 is 11.6 Å². The summed E-state index contributed by atoms with van der Waals surface area (Å²) in [5.41, 5.74) is 1.77. The lowest BCUT2D eigenvalue weighted by atomic mass is 9.83. The maximum Gasteiger partial charge on any atom is 0.394 e. The lowest BCUT2D eigenvalue weighted by Gasteiger charge is -2.27. The fourth-order valence-corrected chi connectivity index (χ4v) is 3.50. The van der Waals surface area contributed by atoms with Gasteiger partial charge in [0.15, 0.2) is 5.78 Å². The van der Waals surface area contributed by atoms with E-state index >= 15 is 0 Å². The molecule has 0 fully saturated rings. The maximum atomic E-state index is 13.4. The number of hydrogen-bond donors (Lipinski definition) is 0. The van der Waals surface area contributed by atoms with Crippen molar-refractivity contribution in [3.05, 3.63) is 71.3 Å². The lowest BCUT2D eigenvalue weighted by molar-refractivity contribution is -0.209. The van der Waals surface area contributed by atoms with E-state index in [1.54, 1.807) is 42.6 Å². The summed E-state index contributed by atoms with van der Waals surface area (Å²) in [5, 5.41) is 0.562. The van der Waals surface area contributed by atoms with Crippen molar-refractivity contribution < 1.29 is 18.0 Å². The molecule has 0 spiro atoms. The van der Waals surface area contributed by atoms with Gasteiger partial charge in [-0.3, -0.25) is 4.79 Å². The molecule has 2 aromatic carbocycles. The highest BCUT2D eigenvalue weighted by atomic mass is 35.5. The Bertz CT molecular complexity index is 1120. The number of halogens is 4. The van der Waals surface area contributed by atoms with E-state index in [0.717, 1.165) is 30.7 Å². The molecule has 0 aliphatic rings. The highest BCUT2D eigenvalue weighted by molar-refractivity contribution is 6.30. The molecule has 0 atom stereocenters. The standard InChI is InChI=1S/C25H24ClF3N2O/c1-15(2)23-21(13-30-14-31-23)18-9-17(16-5-7-20(26)8-6-16)10-19(11-18)22(32)12-24(3,4)25(27,28)29/h5-11,13-15H,12H2,1-4H3. The Labute approximate surface area is 190 Å². The van der Waals surface area contributed by atoms with Crippen molar-refractivity contribution in [2.75, 3.05) is 0 Å². The van der Waals surface area contributed by atoms with Gasteiger partial charge in [-0.1, -0.05) is 51.4 Å². The highest BCUT2D eigenvalue weighted by Crippen LogP contribution is 2.41. The van der Waals surface area contributed by atoms with E-state index in [1.165, 1.54) is 6.33 Å². The van der Waals surface area contributed by atoms with Crippen LogP contribution in [0.3, 0.4) is 0 Å². The summed E-state index contributed by atoms with van der Waals surface area (Å²) in [5.74, 6) is -0.483. The number of hydrogen-bond acceptors (Lipinski definition) is 3. The van der Waals surface area contributed by atoms with Crippen LogP contribution in [0.1, 0.15) is 56.1 Å². The molecule has 7 heteroatoms. The first-order chi connectivity index (χ1) is 14.9. The van der Waals surface area contributed by atoms with Crippen LogP contribution in [0.2, 0.25) is 5.02 Å². The second-order valence-corrected chi connectivity index (χ2v) is 9.20. The minimum Gasteiger partial charge on any atom is -0.294 e. The van der Waals surface area contributed by atoms with Gasteiger partial charge in [0.25, 0.3) is 0 Å². The minimum absolute atomic E-state index is 0.0931. The summed E-state index contributed by atoms with van der Waals surface area (Å²) in [6, 6.07) is 12.2. The van der Waals surface area contributed by atoms with E-state index in [9.17, 15) is 18.0 Å². The molecule has 3 aromatic rings. The van der Waals surface area contributed by atoms with Crippen LogP contribution in [0.25, 0.3) is 22.3 Å². The van der Waals surface area contributed by atoms with Crippen LogP contribution in [0.15, 0.2) is 55.0 Å². The predicted molar refractivity (Wildman–Crippen MR) is 121 cm³/mol. The summed E-state index contributed by atoms with van der Waals surface area (Å²) < 4.78 is 40.2. The summed E-state index contributed by atoms with van der Waals surface area (Å²) in [6.45, 7) is 6.06. The van der Waals surface area contributed by atoms with Crippen LogP contribution in [-0.2, 0) is 0 Å². The van der Waals surface area contributed by atoms with Crippen LogP contribution in [0, 0.1) is 5.41 Å². The number of carbonyl (C=O) groups is 1. The zero-order valence-corrected chi connectivity index (χ0v) is 19.1. The molecule has 1 heterocycles. The topological polar surface area (TPSA) is 42.9 Å². The van der Waals surface area contributed by atoms with Crippen molar-refractivity contribution in [1.29, 1.82) is 0 Å². The van der Waals surface area contributed by atoms with E-state index in [2.05, 4.69) is 9.97 Å². The molecule has 3 rings (SSSR count). The molecule has 0 unspecified atom stereocenters. The number of benzene rings is 2. The quantitative estimate of drug-likeness (QED) is 0.353. The Morgan fingerprint density at radius 1 is 1.00 bits per heavy atom. The fourth-order valence-electron chi connectivity index (χ4n) is 3.38. The Balaban J connectivity index is 2.16. The first-order valence-corrected chi connectivity index (χ1v) is 10.6. The third kappa shape index (κ3) is 5.18. The van der Waals surface area contributed by atoms with Crippen molar-refractivity contribution in [3.63, 3.8) is 0 Å². The molecule has 0 saturated carbocycles. The number of nitrogens with zero attached hydrogens (tertiary/aromatic N) is 2. The van der Waals surface area contributed by atoms with Gasteiger partial charge in [-0.2, -0.15) is 13.2 Å². The van der Waals surface area contributed by atoms with Gasteiger partial charge in [-0.25, -0.2) is 9.97 Å². The SMILES string of the molecule is CC(C)c1ncncc1-c1cc(C(=O)CC(C)(C)C(F)(F)F)cc(-c2ccc(Cl)cc2)c1. The number of carbonyl (C=O) groups excluding carboxylic acids is 1. The van der Waals surface area contributed by atoms with E-state index < -0.39 is 23.8 Å². The molecule has 1 aromatic heterocycles. The van der Waals surface area contributed by atoms with Gasteiger partial charge < -0.3 is 0 Å². The van der Waals surface area contributed by atoms with Crippen molar-refractivity contribution in [2.24, 2.45) is 5.41 Å². The molecule has 0 bridgehead atoms. The molecule has 3 nitrogen and oxygen atoms in total. The van der Waals surface area contributed by atoms with E-state index in [4.69, 9.17) is 11.6 Å². The maximum absolute atomic E-state index is 13.4. The molecule has 0 radical (unpaired) electrons. The highest BCUT2D eigenvalue weighted by Gasteiger charge is 2.48. The summed E-state index contributed by atoms with van der Waals surface area (Å²) in [4.78, 5) is 21.5. The van der Waals surface area contributed by atoms with Gasteiger partial charge in [0.05, 0.1) is 11.1 Å². The second-order valence-electron chi connectivity index (χ2n) is 8.76.